The van der Waals surface area contributed by atoms with E-state index in [0.717, 1.165) is 0 Å². The number of rotatable bonds is 8. The summed E-state index contributed by atoms with van der Waals surface area (Å²) < 4.78 is 11.7. The highest BCUT2D eigenvalue weighted by atomic mass is 16.5. The number of carbonyl (C=O) groups excluding carboxylic acids is 4. The second kappa shape index (κ2) is 12.6. The number of carbonyl (C=O) groups is 4. The van der Waals surface area contributed by atoms with E-state index in [4.69, 9.17) is 9.47 Å². The first-order valence-corrected chi connectivity index (χ1v) is 12.9. The van der Waals surface area contributed by atoms with Crippen LogP contribution >= 0.6 is 0 Å². The van der Waals surface area contributed by atoms with Crippen LogP contribution in [-0.2, 0) is 19.2 Å². The fourth-order valence-corrected chi connectivity index (χ4v) is 4.75. The van der Waals surface area contributed by atoms with Gasteiger partial charge >= 0.3 is 0 Å². The van der Waals surface area contributed by atoms with Crippen LogP contribution in [0.5, 0.6) is 11.5 Å². The molecule has 1 aromatic rings. The minimum absolute atomic E-state index is 0.135. The fourth-order valence-electron chi connectivity index (χ4n) is 4.75. The molecule has 1 saturated heterocycles. The summed E-state index contributed by atoms with van der Waals surface area (Å²) in [7, 11) is 1.55. The molecule has 2 aliphatic heterocycles. The molecule has 0 saturated carbocycles. The molecule has 0 radical (unpaired) electrons. The van der Waals surface area contributed by atoms with Gasteiger partial charge in [-0.05, 0) is 36.1 Å². The van der Waals surface area contributed by atoms with E-state index in [1.807, 2.05) is 27.7 Å². The Morgan fingerprint density at radius 1 is 1.24 bits per heavy atom. The third kappa shape index (κ3) is 6.23. The first kappa shape index (κ1) is 28.0. The van der Waals surface area contributed by atoms with Gasteiger partial charge in [0.05, 0.1) is 7.11 Å². The summed E-state index contributed by atoms with van der Waals surface area (Å²) in [6.45, 7) is 7.91. The summed E-state index contributed by atoms with van der Waals surface area (Å²) in [6.07, 6.45) is 4.82. The van der Waals surface area contributed by atoms with Crippen LogP contribution in [0.3, 0.4) is 0 Å². The molecule has 0 aromatic heterocycles. The minimum Gasteiger partial charge on any atom is -0.496 e. The number of hydrogen-bond donors (Lipinski definition) is 3. The van der Waals surface area contributed by atoms with Crippen molar-refractivity contribution in [3.05, 3.63) is 30.0 Å². The molecule has 10 heteroatoms. The SMILES string of the molecule is CC[C@H](C)[C@@H]1NC(=O)[C@@H]2[C@H](CCN2C(=O)[C@H](NC=O)[C@@H](C)CC)Oc2ccc(OC)c(c2)C=CNC1=O. The number of likely N-dealkylation sites (tertiary alicyclic amines) is 1. The summed E-state index contributed by atoms with van der Waals surface area (Å²) in [5.41, 5.74) is 0.688. The number of nitrogens with zero attached hydrogens (tertiary/aromatic N) is 1. The van der Waals surface area contributed by atoms with Gasteiger partial charge in [-0.25, -0.2) is 0 Å². The highest BCUT2D eigenvalue weighted by Crippen LogP contribution is 2.30. The van der Waals surface area contributed by atoms with Crippen LogP contribution in [0.4, 0.5) is 0 Å². The van der Waals surface area contributed by atoms with Crippen LogP contribution in [0.1, 0.15) is 52.5 Å². The number of amides is 4. The Bertz CT molecular complexity index is 1030. The third-order valence-corrected chi connectivity index (χ3v) is 7.39. The number of fused-ring (bicyclic) bond motifs is 3. The summed E-state index contributed by atoms with van der Waals surface area (Å²) >= 11 is 0. The zero-order valence-corrected chi connectivity index (χ0v) is 22.2. The second-order valence-electron chi connectivity index (χ2n) is 9.69. The van der Waals surface area contributed by atoms with Crippen molar-refractivity contribution in [1.82, 2.24) is 20.9 Å². The highest BCUT2D eigenvalue weighted by molar-refractivity contribution is 5.95. The van der Waals surface area contributed by atoms with E-state index in [9.17, 15) is 19.2 Å². The second-order valence-corrected chi connectivity index (χ2v) is 9.69. The van der Waals surface area contributed by atoms with Crippen molar-refractivity contribution in [2.75, 3.05) is 13.7 Å². The van der Waals surface area contributed by atoms with Gasteiger partial charge in [-0.2, -0.15) is 0 Å². The normalized spacial score (nSPS) is 24.0. The maximum Gasteiger partial charge on any atom is 0.247 e. The molecule has 0 spiro atoms. The van der Waals surface area contributed by atoms with Crippen molar-refractivity contribution in [2.45, 2.75) is 71.2 Å². The minimum atomic E-state index is -0.980. The zero-order valence-electron chi connectivity index (χ0n) is 22.2. The molecule has 0 aliphatic carbocycles. The lowest BCUT2D eigenvalue weighted by atomic mass is 9.96. The lowest BCUT2D eigenvalue weighted by molar-refractivity contribution is -0.144. The highest BCUT2D eigenvalue weighted by Gasteiger charge is 2.46. The number of methoxy groups -OCH3 is 1. The molecular weight excluding hydrogens is 476 g/mol. The Kier molecular flexibility index (Phi) is 9.54. The van der Waals surface area contributed by atoms with E-state index < -0.39 is 30.1 Å². The number of benzene rings is 1. The molecule has 37 heavy (non-hydrogen) atoms. The maximum atomic E-state index is 13.7. The van der Waals surface area contributed by atoms with Crippen molar-refractivity contribution < 1.29 is 28.7 Å². The Hall–Kier alpha value is -3.56. The topological polar surface area (TPSA) is 126 Å². The third-order valence-electron chi connectivity index (χ3n) is 7.39. The average Bonchev–Trinajstić information content (AvgIpc) is 3.32. The van der Waals surface area contributed by atoms with Crippen molar-refractivity contribution in [1.29, 1.82) is 0 Å². The van der Waals surface area contributed by atoms with E-state index in [-0.39, 0.29) is 30.2 Å². The molecule has 1 fully saturated rings. The van der Waals surface area contributed by atoms with Crippen LogP contribution in [0.2, 0.25) is 0 Å². The van der Waals surface area contributed by atoms with Gasteiger partial charge in [0.2, 0.25) is 24.1 Å². The smallest absolute Gasteiger partial charge is 0.247 e. The number of ether oxygens (including phenoxy) is 2. The predicted molar refractivity (Wildman–Crippen MR) is 139 cm³/mol. The van der Waals surface area contributed by atoms with Crippen molar-refractivity contribution in [3.63, 3.8) is 0 Å². The first-order valence-electron chi connectivity index (χ1n) is 12.9. The lowest BCUT2D eigenvalue weighted by Crippen LogP contribution is -2.60. The van der Waals surface area contributed by atoms with Gasteiger partial charge in [-0.1, -0.05) is 40.5 Å². The van der Waals surface area contributed by atoms with Crippen LogP contribution in [0.15, 0.2) is 24.4 Å². The van der Waals surface area contributed by atoms with Crippen LogP contribution in [0.25, 0.3) is 6.08 Å². The van der Waals surface area contributed by atoms with Crippen LogP contribution in [0, 0.1) is 11.8 Å². The van der Waals surface area contributed by atoms with E-state index >= 15 is 0 Å². The Balaban J connectivity index is 2.04. The zero-order chi connectivity index (χ0) is 27.1. The summed E-state index contributed by atoms with van der Waals surface area (Å²) in [5.74, 6) is -0.373. The molecule has 0 unspecified atom stereocenters. The van der Waals surface area contributed by atoms with E-state index in [0.29, 0.717) is 42.7 Å². The molecule has 3 rings (SSSR count). The molecule has 2 bridgehead atoms. The van der Waals surface area contributed by atoms with Gasteiger partial charge in [0.25, 0.3) is 0 Å². The van der Waals surface area contributed by atoms with Gasteiger partial charge in [-0.3, -0.25) is 19.2 Å². The molecule has 3 N–H and O–H groups in total. The molecule has 2 heterocycles. The molecule has 4 amide bonds. The lowest BCUT2D eigenvalue weighted by Gasteiger charge is -2.33. The monoisotopic (exact) mass is 514 g/mol. The predicted octanol–water partition coefficient (Wildman–Crippen LogP) is 1.84. The van der Waals surface area contributed by atoms with Crippen molar-refractivity contribution in [2.24, 2.45) is 11.8 Å². The summed E-state index contributed by atoms with van der Waals surface area (Å²) in [6, 6.07) is 2.69. The Morgan fingerprint density at radius 2 is 2.00 bits per heavy atom. The molecule has 10 nitrogen and oxygen atoms in total. The Morgan fingerprint density at radius 3 is 2.65 bits per heavy atom. The molecular formula is C27H38N4O6. The quantitative estimate of drug-likeness (QED) is 0.455. The Labute approximate surface area is 218 Å². The molecule has 2 aliphatic rings. The standard InChI is InChI=1S/C27H38N4O6/c1-6-16(3)22-25(33)28-12-10-18-14-19(8-9-20(18)36-5)37-21-11-13-31(24(21)26(34)30-22)27(35)23(29-15-32)17(4)7-2/h8-10,12,14-17,21-24H,6-7,11,13H2,1-5H3,(H,28,33)(H,29,32)(H,30,34)/t16-,17-,21-,22-,23+,24-/m0/s1. The number of hydrogen-bond acceptors (Lipinski definition) is 6. The van der Waals surface area contributed by atoms with Gasteiger partial charge in [0.15, 0.2) is 0 Å². The van der Waals surface area contributed by atoms with Gasteiger partial charge in [0, 0.05) is 24.7 Å². The van der Waals surface area contributed by atoms with Gasteiger partial charge in [0.1, 0.15) is 35.7 Å². The average molecular weight is 515 g/mol. The molecule has 202 valence electrons. The number of nitrogens with one attached hydrogen (secondary N) is 3. The maximum absolute atomic E-state index is 13.7. The summed E-state index contributed by atoms with van der Waals surface area (Å²) in [4.78, 5) is 53.2. The van der Waals surface area contributed by atoms with Gasteiger partial charge < -0.3 is 30.3 Å². The molecule has 1 aromatic carbocycles. The molecule has 6 atom stereocenters. The van der Waals surface area contributed by atoms with E-state index in [2.05, 4.69) is 16.0 Å². The first-order chi connectivity index (χ1) is 17.7. The van der Waals surface area contributed by atoms with Gasteiger partial charge in [-0.15, -0.1) is 0 Å². The van der Waals surface area contributed by atoms with Crippen molar-refractivity contribution in [3.8, 4) is 11.5 Å². The summed E-state index contributed by atoms with van der Waals surface area (Å²) in [5, 5.41) is 8.27. The van der Waals surface area contributed by atoms with E-state index in [1.54, 1.807) is 31.4 Å². The van der Waals surface area contributed by atoms with E-state index in [1.165, 1.54) is 11.1 Å². The van der Waals surface area contributed by atoms with Crippen molar-refractivity contribution >= 4 is 30.2 Å². The van der Waals surface area contributed by atoms with Crippen LogP contribution < -0.4 is 25.4 Å². The largest absolute Gasteiger partial charge is 0.496 e. The fraction of sp³-hybridized carbons (Fsp3) is 0.556. The van der Waals surface area contributed by atoms with Crippen LogP contribution in [-0.4, -0.2) is 66.9 Å².